The van der Waals surface area contributed by atoms with Crippen LogP contribution in [0.15, 0.2) is 30.3 Å². The number of carbonyl (C=O) groups is 2. The normalized spacial score (nSPS) is 11.1. The molecule has 1 unspecified atom stereocenters. The van der Waals surface area contributed by atoms with E-state index in [2.05, 4.69) is 10.6 Å². The van der Waals surface area contributed by atoms with Gasteiger partial charge in [-0.15, -0.1) is 12.4 Å². The Labute approximate surface area is 132 Å². The molecule has 4 N–H and O–H groups in total. The Balaban J connectivity index is 0.00000400. The molecule has 0 fully saturated rings. The zero-order chi connectivity index (χ0) is 14.8. The SMILES string of the molecule is CCCNC(=O)CCNC(=O)C(N)Cc1ccccc1.Cl. The first-order valence-corrected chi connectivity index (χ1v) is 6.97. The van der Waals surface area contributed by atoms with Crippen molar-refractivity contribution in [2.45, 2.75) is 32.2 Å². The second-order valence-corrected chi connectivity index (χ2v) is 4.69. The summed E-state index contributed by atoms with van der Waals surface area (Å²) in [6.45, 7) is 2.97. The number of benzene rings is 1. The summed E-state index contributed by atoms with van der Waals surface area (Å²) in [6, 6.07) is 9.03. The highest BCUT2D eigenvalue weighted by Gasteiger charge is 2.13. The minimum Gasteiger partial charge on any atom is -0.356 e. The van der Waals surface area contributed by atoms with Crippen molar-refractivity contribution in [2.75, 3.05) is 13.1 Å². The van der Waals surface area contributed by atoms with E-state index in [9.17, 15) is 9.59 Å². The van der Waals surface area contributed by atoms with Crippen molar-refractivity contribution in [1.82, 2.24) is 10.6 Å². The maximum absolute atomic E-state index is 11.8. The Morgan fingerprint density at radius 2 is 1.81 bits per heavy atom. The summed E-state index contributed by atoms with van der Waals surface area (Å²) in [5.74, 6) is -0.277. The third-order valence-electron chi connectivity index (χ3n) is 2.86. The van der Waals surface area contributed by atoms with Gasteiger partial charge < -0.3 is 16.4 Å². The first kappa shape index (κ1) is 19.4. The van der Waals surface area contributed by atoms with Gasteiger partial charge in [-0.3, -0.25) is 9.59 Å². The summed E-state index contributed by atoms with van der Waals surface area (Å²) in [5, 5.41) is 5.44. The van der Waals surface area contributed by atoms with Gasteiger partial charge in [-0.1, -0.05) is 37.3 Å². The molecular formula is C15H24ClN3O2. The van der Waals surface area contributed by atoms with E-state index in [0.717, 1.165) is 12.0 Å². The maximum atomic E-state index is 11.8. The highest BCUT2D eigenvalue weighted by atomic mass is 35.5. The molecule has 0 saturated carbocycles. The van der Waals surface area contributed by atoms with Gasteiger partial charge in [-0.2, -0.15) is 0 Å². The van der Waals surface area contributed by atoms with Crippen LogP contribution in [-0.2, 0) is 16.0 Å². The van der Waals surface area contributed by atoms with Crippen molar-refractivity contribution < 1.29 is 9.59 Å². The predicted molar refractivity (Wildman–Crippen MR) is 86.3 cm³/mol. The van der Waals surface area contributed by atoms with Crippen LogP contribution < -0.4 is 16.4 Å². The van der Waals surface area contributed by atoms with Crippen LogP contribution in [0.1, 0.15) is 25.3 Å². The van der Waals surface area contributed by atoms with Gasteiger partial charge in [0.1, 0.15) is 0 Å². The summed E-state index contributed by atoms with van der Waals surface area (Å²) in [5.41, 5.74) is 6.86. The Morgan fingerprint density at radius 1 is 1.14 bits per heavy atom. The zero-order valence-corrected chi connectivity index (χ0v) is 13.1. The number of halogens is 1. The van der Waals surface area contributed by atoms with E-state index in [1.807, 2.05) is 37.3 Å². The number of rotatable bonds is 8. The predicted octanol–water partition coefficient (Wildman–Crippen LogP) is 1.01. The third kappa shape index (κ3) is 8.32. The molecule has 118 valence electrons. The highest BCUT2D eigenvalue weighted by molar-refractivity contribution is 5.85. The van der Waals surface area contributed by atoms with Crippen LogP contribution in [0.25, 0.3) is 0 Å². The monoisotopic (exact) mass is 313 g/mol. The molecule has 0 aromatic heterocycles. The molecule has 1 aromatic carbocycles. The van der Waals surface area contributed by atoms with Crippen LogP contribution in [0.5, 0.6) is 0 Å². The number of nitrogens with one attached hydrogen (secondary N) is 2. The molecular weight excluding hydrogens is 290 g/mol. The average molecular weight is 314 g/mol. The quantitative estimate of drug-likeness (QED) is 0.669. The third-order valence-corrected chi connectivity index (χ3v) is 2.86. The molecule has 6 heteroatoms. The van der Waals surface area contributed by atoms with Gasteiger partial charge in [0.15, 0.2) is 0 Å². The van der Waals surface area contributed by atoms with Crippen LogP contribution >= 0.6 is 12.4 Å². The fourth-order valence-electron chi connectivity index (χ4n) is 1.74. The summed E-state index contributed by atoms with van der Waals surface area (Å²) >= 11 is 0. The van der Waals surface area contributed by atoms with Crippen molar-refractivity contribution in [3.05, 3.63) is 35.9 Å². The Bertz CT molecular complexity index is 426. The summed E-state index contributed by atoms with van der Waals surface area (Å²) in [7, 11) is 0. The van der Waals surface area contributed by atoms with E-state index in [1.165, 1.54) is 0 Å². The fourth-order valence-corrected chi connectivity index (χ4v) is 1.74. The molecule has 0 saturated heterocycles. The molecule has 0 spiro atoms. The minimum atomic E-state index is -0.587. The van der Waals surface area contributed by atoms with E-state index in [-0.39, 0.29) is 30.6 Å². The number of nitrogens with two attached hydrogens (primary N) is 1. The fraction of sp³-hybridized carbons (Fsp3) is 0.467. The molecule has 0 aliphatic carbocycles. The van der Waals surface area contributed by atoms with Gasteiger partial charge in [-0.25, -0.2) is 0 Å². The van der Waals surface area contributed by atoms with Crippen molar-refractivity contribution in [1.29, 1.82) is 0 Å². The Hall–Kier alpha value is -1.59. The van der Waals surface area contributed by atoms with Gasteiger partial charge in [0, 0.05) is 19.5 Å². The smallest absolute Gasteiger partial charge is 0.237 e. The van der Waals surface area contributed by atoms with Crippen molar-refractivity contribution in [2.24, 2.45) is 5.73 Å². The molecule has 21 heavy (non-hydrogen) atoms. The van der Waals surface area contributed by atoms with E-state index >= 15 is 0 Å². The maximum Gasteiger partial charge on any atom is 0.237 e. The van der Waals surface area contributed by atoms with E-state index in [0.29, 0.717) is 19.5 Å². The Morgan fingerprint density at radius 3 is 2.43 bits per heavy atom. The largest absolute Gasteiger partial charge is 0.356 e. The number of hydrogen-bond acceptors (Lipinski definition) is 3. The van der Waals surface area contributed by atoms with E-state index in [4.69, 9.17) is 5.73 Å². The minimum absolute atomic E-state index is 0. The van der Waals surface area contributed by atoms with E-state index < -0.39 is 6.04 Å². The molecule has 0 aliphatic heterocycles. The number of amides is 2. The average Bonchev–Trinajstić information content (AvgIpc) is 2.46. The van der Waals surface area contributed by atoms with Crippen LogP contribution in [0.4, 0.5) is 0 Å². The summed E-state index contributed by atoms with van der Waals surface area (Å²) < 4.78 is 0. The molecule has 0 bridgehead atoms. The van der Waals surface area contributed by atoms with Gasteiger partial charge in [-0.05, 0) is 18.4 Å². The molecule has 1 aromatic rings. The number of carbonyl (C=O) groups excluding carboxylic acids is 2. The lowest BCUT2D eigenvalue weighted by molar-refractivity contribution is -0.123. The molecule has 0 heterocycles. The zero-order valence-electron chi connectivity index (χ0n) is 12.3. The molecule has 1 rings (SSSR count). The standard InChI is InChI=1S/C15H23N3O2.ClH/c1-2-9-17-14(19)8-10-18-15(20)13(16)11-12-6-4-3-5-7-12;/h3-7,13H,2,8-11,16H2,1H3,(H,17,19)(H,18,20);1H. The lowest BCUT2D eigenvalue weighted by atomic mass is 10.1. The number of hydrogen-bond donors (Lipinski definition) is 3. The van der Waals surface area contributed by atoms with Crippen LogP contribution in [0.2, 0.25) is 0 Å². The lowest BCUT2D eigenvalue weighted by Crippen LogP contribution is -2.43. The molecule has 1 atom stereocenters. The summed E-state index contributed by atoms with van der Waals surface area (Å²) in [6.07, 6.45) is 1.68. The van der Waals surface area contributed by atoms with Crippen molar-refractivity contribution in [3.8, 4) is 0 Å². The second-order valence-electron chi connectivity index (χ2n) is 4.69. The molecule has 0 radical (unpaired) electrons. The highest BCUT2D eigenvalue weighted by Crippen LogP contribution is 2.01. The molecule has 5 nitrogen and oxygen atoms in total. The molecule has 2 amide bonds. The summed E-state index contributed by atoms with van der Waals surface area (Å²) in [4.78, 5) is 23.1. The van der Waals surface area contributed by atoms with E-state index in [1.54, 1.807) is 0 Å². The first-order valence-electron chi connectivity index (χ1n) is 6.97. The van der Waals surface area contributed by atoms with Gasteiger partial charge in [0.25, 0.3) is 0 Å². The lowest BCUT2D eigenvalue weighted by Gasteiger charge is -2.12. The van der Waals surface area contributed by atoms with Crippen molar-refractivity contribution in [3.63, 3.8) is 0 Å². The Kier molecular flexibility index (Phi) is 10.3. The van der Waals surface area contributed by atoms with Crippen LogP contribution in [0, 0.1) is 0 Å². The van der Waals surface area contributed by atoms with Gasteiger partial charge in [0.05, 0.1) is 6.04 Å². The van der Waals surface area contributed by atoms with Crippen molar-refractivity contribution >= 4 is 24.2 Å². The van der Waals surface area contributed by atoms with Gasteiger partial charge >= 0.3 is 0 Å². The second kappa shape index (κ2) is 11.1. The van der Waals surface area contributed by atoms with Gasteiger partial charge in [0.2, 0.25) is 11.8 Å². The van der Waals surface area contributed by atoms with Crippen LogP contribution in [0.3, 0.4) is 0 Å². The van der Waals surface area contributed by atoms with Crippen LogP contribution in [-0.4, -0.2) is 30.9 Å². The first-order chi connectivity index (χ1) is 9.63. The topological polar surface area (TPSA) is 84.2 Å². The molecule has 0 aliphatic rings.